The number of rotatable bonds is 6. The maximum Gasteiger partial charge on any atom is 0.387 e. The first-order valence-electron chi connectivity index (χ1n) is 10.3. The molecule has 3 heterocycles. The van der Waals surface area contributed by atoms with Crippen LogP contribution in [0, 0.1) is 6.92 Å². The minimum atomic E-state index is -2.89. The second-order valence-electron chi connectivity index (χ2n) is 7.79. The average molecular weight is 434 g/mol. The highest BCUT2D eigenvalue weighted by atomic mass is 19.3. The fourth-order valence-electron chi connectivity index (χ4n) is 3.72. The van der Waals surface area contributed by atoms with Gasteiger partial charge in [-0.25, -0.2) is 4.98 Å². The molecule has 1 N–H and O–H groups in total. The number of carbonyl (C=O) groups excluding carboxylic acids is 1. The average Bonchev–Trinajstić information content (AvgIpc) is 3.58. The van der Waals surface area contributed by atoms with Gasteiger partial charge in [-0.2, -0.15) is 8.78 Å². The van der Waals surface area contributed by atoms with Crippen LogP contribution in [0.2, 0.25) is 0 Å². The molecule has 5 rings (SSSR count). The van der Waals surface area contributed by atoms with Crippen LogP contribution in [-0.2, 0) is 0 Å². The monoisotopic (exact) mass is 434 g/mol. The van der Waals surface area contributed by atoms with Crippen LogP contribution in [0.4, 0.5) is 14.5 Å². The molecule has 4 aromatic rings. The molecule has 0 unspecified atom stereocenters. The minimum Gasteiger partial charge on any atom is -0.433 e. The van der Waals surface area contributed by atoms with E-state index in [2.05, 4.69) is 22.0 Å². The molecule has 1 aromatic carbocycles. The van der Waals surface area contributed by atoms with Crippen molar-refractivity contribution in [3.63, 3.8) is 0 Å². The summed E-state index contributed by atoms with van der Waals surface area (Å²) in [5.41, 5.74) is 5.66. The Labute approximate surface area is 182 Å². The number of carbonyl (C=O) groups is 1. The molecular formula is C24H20F2N4O2. The SMILES string of the molecule is Cc1c(C2CC2)nc2ccc(NC(=O)c3ccc(-c4ccc(OC(F)F)cn4)cc3)cn12. The molecule has 1 saturated carbocycles. The molecule has 1 amide bonds. The Morgan fingerprint density at radius 3 is 2.56 bits per heavy atom. The Morgan fingerprint density at radius 2 is 1.91 bits per heavy atom. The van der Waals surface area contributed by atoms with Crippen LogP contribution >= 0.6 is 0 Å². The Balaban J connectivity index is 1.30. The number of aryl methyl sites for hydroxylation is 1. The molecule has 3 aromatic heterocycles. The third-order valence-electron chi connectivity index (χ3n) is 5.52. The molecule has 0 radical (unpaired) electrons. The number of fused-ring (bicyclic) bond motifs is 1. The zero-order valence-electron chi connectivity index (χ0n) is 17.3. The smallest absolute Gasteiger partial charge is 0.387 e. The van der Waals surface area contributed by atoms with Crippen LogP contribution in [0.5, 0.6) is 5.75 Å². The molecule has 1 aliphatic carbocycles. The number of aromatic nitrogens is 3. The van der Waals surface area contributed by atoms with Crippen molar-refractivity contribution >= 4 is 17.2 Å². The van der Waals surface area contributed by atoms with Gasteiger partial charge in [0.05, 0.1) is 23.3 Å². The first kappa shape index (κ1) is 20.1. The molecule has 6 nitrogen and oxygen atoms in total. The Bertz CT molecular complexity index is 1280. The molecule has 0 bridgehead atoms. The standard InChI is InChI=1S/C24H20F2N4O2/c1-14-22(16-4-5-16)29-21-11-8-18(13-30(14)21)28-23(31)17-6-2-15(3-7-17)20-10-9-19(12-27-20)32-24(25)26/h2-3,6-13,16,24H,4-5H2,1H3,(H,28,31). The van der Waals surface area contributed by atoms with Gasteiger partial charge in [0, 0.05) is 28.9 Å². The number of nitrogens with one attached hydrogen (secondary N) is 1. The van der Waals surface area contributed by atoms with Crippen molar-refractivity contribution in [1.29, 1.82) is 0 Å². The van der Waals surface area contributed by atoms with E-state index in [1.165, 1.54) is 25.1 Å². The normalized spacial score (nSPS) is 13.5. The molecule has 1 aliphatic rings. The number of hydrogen-bond acceptors (Lipinski definition) is 4. The number of benzene rings is 1. The van der Waals surface area contributed by atoms with E-state index in [9.17, 15) is 13.6 Å². The van der Waals surface area contributed by atoms with Gasteiger partial charge in [-0.1, -0.05) is 12.1 Å². The van der Waals surface area contributed by atoms with Gasteiger partial charge < -0.3 is 14.5 Å². The van der Waals surface area contributed by atoms with E-state index >= 15 is 0 Å². The van der Waals surface area contributed by atoms with Gasteiger partial charge in [-0.05, 0) is 56.2 Å². The lowest BCUT2D eigenvalue weighted by molar-refractivity contribution is -0.0500. The summed E-state index contributed by atoms with van der Waals surface area (Å²) in [6.07, 6.45) is 5.51. The molecule has 32 heavy (non-hydrogen) atoms. The second kappa shape index (κ2) is 8.03. The van der Waals surface area contributed by atoms with Crippen LogP contribution < -0.4 is 10.1 Å². The number of pyridine rings is 2. The Hall–Kier alpha value is -3.81. The predicted molar refractivity (Wildman–Crippen MR) is 116 cm³/mol. The zero-order chi connectivity index (χ0) is 22.2. The Morgan fingerprint density at radius 1 is 1.12 bits per heavy atom. The van der Waals surface area contributed by atoms with Gasteiger partial charge in [0.1, 0.15) is 11.4 Å². The fraction of sp³-hybridized carbons (Fsp3) is 0.208. The van der Waals surface area contributed by atoms with Crippen molar-refractivity contribution in [2.75, 3.05) is 5.32 Å². The van der Waals surface area contributed by atoms with Crippen LogP contribution in [0.3, 0.4) is 0 Å². The van der Waals surface area contributed by atoms with Gasteiger partial charge in [0.25, 0.3) is 5.91 Å². The maximum absolute atomic E-state index is 12.7. The highest BCUT2D eigenvalue weighted by molar-refractivity contribution is 6.04. The zero-order valence-corrected chi connectivity index (χ0v) is 17.3. The van der Waals surface area contributed by atoms with E-state index in [0.29, 0.717) is 22.9 Å². The Kier molecular flexibility index (Phi) is 5.05. The van der Waals surface area contributed by atoms with E-state index in [1.807, 2.05) is 22.7 Å². The van der Waals surface area contributed by atoms with Crippen LogP contribution in [0.15, 0.2) is 60.9 Å². The van der Waals surface area contributed by atoms with Crippen molar-refractivity contribution in [3.8, 4) is 17.0 Å². The lowest BCUT2D eigenvalue weighted by Gasteiger charge is -2.08. The lowest BCUT2D eigenvalue weighted by atomic mass is 10.1. The minimum absolute atomic E-state index is 0.00547. The summed E-state index contributed by atoms with van der Waals surface area (Å²) in [5.74, 6) is 0.327. The van der Waals surface area contributed by atoms with Crippen molar-refractivity contribution in [2.24, 2.45) is 0 Å². The third kappa shape index (κ3) is 4.03. The summed E-state index contributed by atoms with van der Waals surface area (Å²) < 4.78 is 30.8. The number of ether oxygens (including phenoxy) is 1. The molecule has 1 fully saturated rings. The summed E-state index contributed by atoms with van der Waals surface area (Å²) in [5, 5.41) is 2.93. The van der Waals surface area contributed by atoms with Crippen LogP contribution in [0.25, 0.3) is 16.9 Å². The summed E-state index contributed by atoms with van der Waals surface area (Å²) in [7, 11) is 0. The molecule has 0 spiro atoms. The topological polar surface area (TPSA) is 68.5 Å². The van der Waals surface area contributed by atoms with Crippen molar-refractivity contribution in [2.45, 2.75) is 32.3 Å². The number of alkyl halides is 2. The number of anilines is 1. The summed E-state index contributed by atoms with van der Waals surface area (Å²) >= 11 is 0. The molecule has 0 atom stereocenters. The first-order valence-corrected chi connectivity index (χ1v) is 10.3. The van der Waals surface area contributed by atoms with Crippen LogP contribution in [-0.4, -0.2) is 26.9 Å². The molecule has 162 valence electrons. The lowest BCUT2D eigenvalue weighted by Crippen LogP contribution is -2.12. The van der Waals surface area contributed by atoms with E-state index in [0.717, 1.165) is 22.6 Å². The van der Waals surface area contributed by atoms with Crippen molar-refractivity contribution < 1.29 is 18.3 Å². The molecule has 8 heteroatoms. The summed E-state index contributed by atoms with van der Waals surface area (Å²) in [6, 6.07) is 13.7. The number of nitrogens with zero attached hydrogens (tertiary/aromatic N) is 3. The van der Waals surface area contributed by atoms with Gasteiger partial charge in [0.15, 0.2) is 0 Å². The van der Waals surface area contributed by atoms with Crippen molar-refractivity contribution in [1.82, 2.24) is 14.4 Å². The fourth-order valence-corrected chi connectivity index (χ4v) is 3.72. The quantitative estimate of drug-likeness (QED) is 0.439. The van der Waals surface area contributed by atoms with Gasteiger partial charge in [-0.15, -0.1) is 0 Å². The molecular weight excluding hydrogens is 414 g/mol. The summed E-state index contributed by atoms with van der Waals surface area (Å²) in [4.78, 5) is 21.6. The highest BCUT2D eigenvalue weighted by Gasteiger charge is 2.28. The summed E-state index contributed by atoms with van der Waals surface area (Å²) in [6.45, 7) is -0.836. The van der Waals surface area contributed by atoms with Crippen LogP contribution in [0.1, 0.15) is 40.5 Å². The van der Waals surface area contributed by atoms with E-state index in [4.69, 9.17) is 4.98 Å². The van der Waals surface area contributed by atoms with E-state index < -0.39 is 6.61 Å². The number of imidazole rings is 1. The maximum atomic E-state index is 12.7. The van der Waals surface area contributed by atoms with Crippen molar-refractivity contribution in [3.05, 3.63) is 77.9 Å². The predicted octanol–water partition coefficient (Wildman–Crippen LogP) is 5.44. The highest BCUT2D eigenvalue weighted by Crippen LogP contribution is 2.41. The van der Waals surface area contributed by atoms with Gasteiger partial charge in [0.2, 0.25) is 0 Å². The molecule has 0 aliphatic heterocycles. The van der Waals surface area contributed by atoms with E-state index in [1.54, 1.807) is 30.3 Å². The molecule has 0 saturated heterocycles. The largest absolute Gasteiger partial charge is 0.433 e. The van der Waals surface area contributed by atoms with Gasteiger partial charge in [-0.3, -0.25) is 9.78 Å². The first-order chi connectivity index (χ1) is 15.5. The number of halogens is 2. The number of hydrogen-bond donors (Lipinski definition) is 1. The van der Waals surface area contributed by atoms with Gasteiger partial charge >= 0.3 is 6.61 Å². The third-order valence-corrected chi connectivity index (χ3v) is 5.52. The van der Waals surface area contributed by atoms with E-state index in [-0.39, 0.29) is 11.7 Å². The second-order valence-corrected chi connectivity index (χ2v) is 7.79. The number of amides is 1.